The Balaban J connectivity index is 1.82. The number of aliphatic imine (C=N–C) groups is 1. The molecule has 0 unspecified atom stereocenters. The summed E-state index contributed by atoms with van der Waals surface area (Å²) in [6.45, 7) is 2.60. The number of benzene rings is 2. The Morgan fingerprint density at radius 3 is 2.89 bits per heavy atom. The molecule has 27 heavy (non-hydrogen) atoms. The van der Waals surface area contributed by atoms with Gasteiger partial charge in [0, 0.05) is 5.56 Å². The van der Waals surface area contributed by atoms with E-state index >= 15 is 0 Å². The summed E-state index contributed by atoms with van der Waals surface area (Å²) in [5, 5.41) is 3.03. The van der Waals surface area contributed by atoms with Crippen LogP contribution in [0.3, 0.4) is 0 Å². The Labute approximate surface area is 156 Å². The zero-order chi connectivity index (χ0) is 18.8. The van der Waals surface area contributed by atoms with Gasteiger partial charge < -0.3 is 15.2 Å². The molecule has 2 heterocycles. The van der Waals surface area contributed by atoms with Crippen molar-refractivity contribution in [1.82, 2.24) is 9.55 Å². The van der Waals surface area contributed by atoms with Crippen molar-refractivity contribution in [3.63, 3.8) is 0 Å². The number of para-hydroxylation sites is 2. The third kappa shape index (κ3) is 3.02. The average Bonchev–Trinajstić information content (AvgIpc) is 3.04. The number of nitrogens with two attached hydrogens (primary N) is 1. The molecule has 7 heteroatoms. The molecule has 1 aliphatic heterocycles. The summed E-state index contributed by atoms with van der Waals surface area (Å²) in [7, 11) is 0. The number of rotatable bonds is 5. The number of nitrogens with one attached hydrogen (secondary N) is 1. The van der Waals surface area contributed by atoms with E-state index in [0.29, 0.717) is 30.0 Å². The smallest absolute Gasteiger partial charge is 0.212 e. The van der Waals surface area contributed by atoms with Crippen LogP contribution in [0.2, 0.25) is 0 Å². The van der Waals surface area contributed by atoms with Gasteiger partial charge in [-0.2, -0.15) is 0 Å². The number of imidazole rings is 1. The van der Waals surface area contributed by atoms with E-state index in [-0.39, 0.29) is 12.8 Å². The minimum atomic E-state index is -0.366. The molecular weight excluding hydrogens is 342 g/mol. The van der Waals surface area contributed by atoms with Crippen LogP contribution in [0, 0.1) is 12.3 Å². The average molecular weight is 361 g/mol. The van der Waals surface area contributed by atoms with Gasteiger partial charge in [0.1, 0.15) is 6.61 Å². The predicted molar refractivity (Wildman–Crippen MR) is 105 cm³/mol. The molecule has 2 aromatic carbocycles. The molecule has 0 radical (unpaired) electrons. The highest BCUT2D eigenvalue weighted by Gasteiger charge is 2.25. The number of hydrogen-bond acceptors (Lipinski definition) is 6. The number of anilines is 1. The Hall–Kier alpha value is -3.66. The van der Waals surface area contributed by atoms with Crippen molar-refractivity contribution in [2.24, 2.45) is 10.7 Å². The van der Waals surface area contributed by atoms with Gasteiger partial charge in [-0.25, -0.2) is 9.98 Å². The maximum Gasteiger partial charge on any atom is 0.212 e. The van der Waals surface area contributed by atoms with Gasteiger partial charge in [0.15, 0.2) is 23.6 Å². The number of aromatic nitrogens is 2. The third-order valence-corrected chi connectivity index (χ3v) is 4.22. The monoisotopic (exact) mass is 361 g/mol. The molecule has 0 fully saturated rings. The molecule has 1 atom stereocenters. The van der Waals surface area contributed by atoms with Crippen LogP contribution < -0.4 is 20.5 Å². The highest BCUT2D eigenvalue weighted by molar-refractivity contribution is 5.94. The summed E-state index contributed by atoms with van der Waals surface area (Å²) in [4.78, 5) is 9.20. The number of guanidine groups is 1. The van der Waals surface area contributed by atoms with E-state index in [2.05, 4.69) is 21.2 Å². The molecule has 0 saturated carbocycles. The van der Waals surface area contributed by atoms with Gasteiger partial charge in [0.05, 0.1) is 17.6 Å². The zero-order valence-electron chi connectivity index (χ0n) is 14.8. The number of nitrogens with zero attached hydrogens (tertiary/aromatic N) is 3. The first-order valence-electron chi connectivity index (χ1n) is 8.61. The SMILES string of the molecule is C#CCOc1ccc([C@H]2N=C(N)Nc3nc4ccccc4n32)cc1OCC. The normalized spacial score (nSPS) is 15.4. The summed E-state index contributed by atoms with van der Waals surface area (Å²) in [6.07, 6.45) is 4.93. The number of fused-ring (bicyclic) bond motifs is 3. The first-order valence-corrected chi connectivity index (χ1v) is 8.61. The van der Waals surface area contributed by atoms with Crippen LogP contribution in [-0.4, -0.2) is 28.7 Å². The van der Waals surface area contributed by atoms with E-state index in [9.17, 15) is 0 Å². The lowest BCUT2D eigenvalue weighted by molar-refractivity contribution is 0.298. The van der Waals surface area contributed by atoms with Gasteiger partial charge in [-0.05, 0) is 31.2 Å². The van der Waals surface area contributed by atoms with Crippen molar-refractivity contribution in [2.45, 2.75) is 13.1 Å². The fraction of sp³-hybridized carbons (Fsp3) is 0.200. The summed E-state index contributed by atoms with van der Waals surface area (Å²) in [5.74, 6) is 4.64. The predicted octanol–water partition coefficient (Wildman–Crippen LogP) is 2.73. The summed E-state index contributed by atoms with van der Waals surface area (Å²) in [5.41, 5.74) is 8.74. The molecule has 0 saturated heterocycles. The standard InChI is InChI=1S/C20H19N5O2/c1-3-11-27-16-10-9-13(12-17(16)26-4-2)18-23-19(21)24-20-22-14-7-5-6-8-15(14)25(18)20/h1,5-10,12,18H,4,11H2,2H3,(H3,21,22,23,24)/t18-/m0/s1. The summed E-state index contributed by atoms with van der Waals surface area (Å²) < 4.78 is 13.3. The molecule has 7 nitrogen and oxygen atoms in total. The Bertz CT molecular complexity index is 1060. The van der Waals surface area contributed by atoms with Crippen LogP contribution in [0.25, 0.3) is 11.0 Å². The fourth-order valence-corrected chi connectivity index (χ4v) is 3.13. The molecule has 0 bridgehead atoms. The fourth-order valence-electron chi connectivity index (χ4n) is 3.13. The minimum absolute atomic E-state index is 0.175. The van der Waals surface area contributed by atoms with Gasteiger partial charge in [0.25, 0.3) is 0 Å². The largest absolute Gasteiger partial charge is 0.490 e. The number of ether oxygens (including phenoxy) is 2. The van der Waals surface area contributed by atoms with E-state index in [1.807, 2.05) is 54.0 Å². The van der Waals surface area contributed by atoms with Crippen molar-refractivity contribution >= 4 is 22.9 Å². The lowest BCUT2D eigenvalue weighted by atomic mass is 10.1. The van der Waals surface area contributed by atoms with E-state index in [1.165, 1.54) is 0 Å². The Kier molecular flexibility index (Phi) is 4.30. The Morgan fingerprint density at radius 1 is 1.22 bits per heavy atom. The highest BCUT2D eigenvalue weighted by Crippen LogP contribution is 2.36. The molecule has 3 N–H and O–H groups in total. The van der Waals surface area contributed by atoms with Crippen LogP contribution in [0.4, 0.5) is 5.95 Å². The third-order valence-electron chi connectivity index (χ3n) is 4.22. The van der Waals surface area contributed by atoms with E-state index in [1.54, 1.807) is 0 Å². The van der Waals surface area contributed by atoms with Gasteiger partial charge >= 0.3 is 0 Å². The number of terminal acetylenes is 1. The van der Waals surface area contributed by atoms with Crippen LogP contribution in [0.15, 0.2) is 47.5 Å². The van der Waals surface area contributed by atoms with Crippen molar-refractivity contribution in [3.8, 4) is 23.8 Å². The first-order chi connectivity index (χ1) is 13.2. The lowest BCUT2D eigenvalue weighted by Gasteiger charge is -2.24. The molecule has 4 rings (SSSR count). The number of hydrogen-bond donors (Lipinski definition) is 2. The van der Waals surface area contributed by atoms with Gasteiger partial charge in [-0.1, -0.05) is 24.1 Å². The van der Waals surface area contributed by atoms with Crippen LogP contribution >= 0.6 is 0 Å². The second-order valence-corrected chi connectivity index (χ2v) is 5.94. The van der Waals surface area contributed by atoms with Crippen LogP contribution in [0.5, 0.6) is 11.5 Å². The van der Waals surface area contributed by atoms with Crippen LogP contribution in [0.1, 0.15) is 18.7 Å². The van der Waals surface area contributed by atoms with Crippen LogP contribution in [-0.2, 0) is 0 Å². The maximum absolute atomic E-state index is 6.00. The first kappa shape index (κ1) is 16.8. The highest BCUT2D eigenvalue weighted by atomic mass is 16.5. The molecule has 0 aliphatic carbocycles. The second-order valence-electron chi connectivity index (χ2n) is 5.94. The molecule has 1 aliphatic rings. The zero-order valence-corrected chi connectivity index (χ0v) is 14.8. The van der Waals surface area contributed by atoms with Crippen molar-refractivity contribution < 1.29 is 9.47 Å². The minimum Gasteiger partial charge on any atom is -0.490 e. The quantitative estimate of drug-likeness (QED) is 0.683. The van der Waals surface area contributed by atoms with Gasteiger partial charge in [-0.15, -0.1) is 6.42 Å². The molecular formula is C20H19N5O2. The second kappa shape index (κ2) is 6.92. The molecule has 0 spiro atoms. The summed E-state index contributed by atoms with van der Waals surface area (Å²) >= 11 is 0. The van der Waals surface area contributed by atoms with Crippen molar-refractivity contribution in [2.75, 3.05) is 18.5 Å². The van der Waals surface area contributed by atoms with Gasteiger partial charge in [-0.3, -0.25) is 9.88 Å². The molecule has 1 aromatic heterocycles. The van der Waals surface area contributed by atoms with E-state index in [4.69, 9.17) is 21.6 Å². The molecule has 0 amide bonds. The lowest BCUT2D eigenvalue weighted by Crippen LogP contribution is -2.31. The van der Waals surface area contributed by atoms with Gasteiger partial charge in [0.2, 0.25) is 5.95 Å². The summed E-state index contributed by atoms with van der Waals surface area (Å²) in [6, 6.07) is 13.6. The Morgan fingerprint density at radius 2 is 2.07 bits per heavy atom. The molecule has 3 aromatic rings. The van der Waals surface area contributed by atoms with E-state index < -0.39 is 0 Å². The molecule has 136 valence electrons. The van der Waals surface area contributed by atoms with Crippen molar-refractivity contribution in [1.29, 1.82) is 0 Å². The van der Waals surface area contributed by atoms with E-state index in [0.717, 1.165) is 16.6 Å². The maximum atomic E-state index is 6.00. The topological polar surface area (TPSA) is 86.7 Å². The van der Waals surface area contributed by atoms with Crippen molar-refractivity contribution in [3.05, 3.63) is 48.0 Å².